The van der Waals surface area contributed by atoms with Crippen molar-refractivity contribution in [1.29, 1.82) is 0 Å². The second-order valence-corrected chi connectivity index (χ2v) is 4.07. The predicted octanol–water partition coefficient (Wildman–Crippen LogP) is 0.399. The minimum Gasteiger partial charge on any atom is -0.462 e. The molecule has 6 heteroatoms. The van der Waals surface area contributed by atoms with Crippen LogP contribution >= 0.6 is 0 Å². The summed E-state index contributed by atoms with van der Waals surface area (Å²) in [6, 6.07) is 2.80. The Hall–Kier alpha value is -1.82. The van der Waals surface area contributed by atoms with Gasteiger partial charge in [0.1, 0.15) is 13.2 Å². The molecule has 0 aromatic carbocycles. The van der Waals surface area contributed by atoms with E-state index in [1.807, 2.05) is 13.8 Å². The van der Waals surface area contributed by atoms with Gasteiger partial charge in [0, 0.05) is 18.0 Å². The summed E-state index contributed by atoms with van der Waals surface area (Å²) < 4.78 is 11.4. The molecule has 0 bridgehead atoms. The predicted molar refractivity (Wildman–Crippen MR) is 67.2 cm³/mol. The zero-order valence-corrected chi connectivity index (χ0v) is 10.6. The topological polar surface area (TPSA) is 83.6 Å². The molecule has 1 aromatic heterocycles. The number of carbonyl (C=O) groups excluding carboxylic acids is 1. The van der Waals surface area contributed by atoms with E-state index in [0.717, 1.165) is 0 Å². The summed E-state index contributed by atoms with van der Waals surface area (Å²) in [5, 5.41) is 0. The van der Waals surface area contributed by atoms with Crippen LogP contribution in [0.4, 0.5) is 5.69 Å². The number of pyridine rings is 1. The number of carbonyl (C=O) groups is 1. The average molecular weight is 254 g/mol. The monoisotopic (exact) mass is 254 g/mol. The Kier molecular flexibility index (Phi) is 5.38. The fraction of sp³-hybridized carbons (Fsp3) is 0.500. The van der Waals surface area contributed by atoms with Gasteiger partial charge in [-0.25, -0.2) is 0 Å². The number of hydrogen-bond donors (Lipinski definition) is 1. The van der Waals surface area contributed by atoms with E-state index < -0.39 is 5.97 Å². The Labute approximate surface area is 105 Å². The van der Waals surface area contributed by atoms with Gasteiger partial charge in [0.05, 0.1) is 12.7 Å². The first-order valence-corrected chi connectivity index (χ1v) is 5.72. The zero-order valence-electron chi connectivity index (χ0n) is 10.6. The van der Waals surface area contributed by atoms with Crippen LogP contribution in [0.15, 0.2) is 23.1 Å². The lowest BCUT2D eigenvalue weighted by Crippen LogP contribution is -2.25. The summed E-state index contributed by atoms with van der Waals surface area (Å²) in [6.07, 6.45) is 1.51. The highest BCUT2D eigenvalue weighted by Gasteiger charge is 2.06. The van der Waals surface area contributed by atoms with E-state index in [1.165, 1.54) is 22.9 Å². The first-order valence-electron chi connectivity index (χ1n) is 5.72. The maximum Gasteiger partial charge on any atom is 0.326 e. The quantitative estimate of drug-likeness (QED) is 0.586. The van der Waals surface area contributed by atoms with Gasteiger partial charge in [0.2, 0.25) is 0 Å². The van der Waals surface area contributed by atoms with Gasteiger partial charge in [0.15, 0.2) is 0 Å². The van der Waals surface area contributed by atoms with Crippen LogP contribution in [0, 0.1) is 0 Å². The summed E-state index contributed by atoms with van der Waals surface area (Å²) in [5.41, 5.74) is 5.66. The van der Waals surface area contributed by atoms with E-state index in [2.05, 4.69) is 0 Å². The van der Waals surface area contributed by atoms with Crippen LogP contribution in [0.2, 0.25) is 0 Å². The van der Waals surface area contributed by atoms with E-state index in [4.69, 9.17) is 15.2 Å². The number of nitrogen functional groups attached to an aromatic ring is 1. The minimum atomic E-state index is -0.491. The number of nitrogens with two attached hydrogens (primary N) is 1. The van der Waals surface area contributed by atoms with Crippen LogP contribution in [-0.4, -0.2) is 29.9 Å². The number of aromatic nitrogens is 1. The Bertz CT molecular complexity index is 454. The van der Waals surface area contributed by atoms with Crippen molar-refractivity contribution >= 4 is 11.7 Å². The largest absolute Gasteiger partial charge is 0.462 e. The van der Waals surface area contributed by atoms with E-state index in [1.54, 1.807) is 0 Å². The molecule has 0 saturated carbocycles. The van der Waals surface area contributed by atoms with Crippen molar-refractivity contribution in [3.63, 3.8) is 0 Å². The molecule has 2 N–H and O–H groups in total. The van der Waals surface area contributed by atoms with Gasteiger partial charge < -0.3 is 19.8 Å². The van der Waals surface area contributed by atoms with Gasteiger partial charge in [-0.15, -0.1) is 0 Å². The lowest BCUT2D eigenvalue weighted by molar-refractivity contribution is -0.146. The molecule has 0 aliphatic heterocycles. The summed E-state index contributed by atoms with van der Waals surface area (Å²) in [7, 11) is 0. The summed E-state index contributed by atoms with van der Waals surface area (Å²) in [6.45, 7) is 4.16. The second kappa shape index (κ2) is 6.80. The van der Waals surface area contributed by atoms with Crippen molar-refractivity contribution in [3.05, 3.63) is 28.7 Å². The molecule has 0 fully saturated rings. The van der Waals surface area contributed by atoms with Gasteiger partial charge in [-0.05, 0) is 19.9 Å². The summed E-state index contributed by atoms with van der Waals surface area (Å²) in [5.74, 6) is -0.491. The van der Waals surface area contributed by atoms with Gasteiger partial charge >= 0.3 is 5.97 Å². The molecule has 18 heavy (non-hydrogen) atoms. The zero-order chi connectivity index (χ0) is 13.5. The van der Waals surface area contributed by atoms with Crippen molar-refractivity contribution < 1.29 is 14.3 Å². The Balaban J connectivity index is 2.40. The number of esters is 1. The van der Waals surface area contributed by atoms with E-state index in [-0.39, 0.29) is 24.8 Å². The van der Waals surface area contributed by atoms with Crippen molar-refractivity contribution in [1.82, 2.24) is 4.57 Å². The van der Waals surface area contributed by atoms with E-state index in [9.17, 15) is 9.59 Å². The van der Waals surface area contributed by atoms with E-state index >= 15 is 0 Å². The fourth-order valence-corrected chi connectivity index (χ4v) is 1.30. The molecule has 0 aliphatic rings. The molecule has 0 unspecified atom stereocenters. The molecule has 6 nitrogen and oxygen atoms in total. The van der Waals surface area contributed by atoms with Gasteiger partial charge in [-0.1, -0.05) is 0 Å². The van der Waals surface area contributed by atoms with Crippen molar-refractivity contribution in [3.8, 4) is 0 Å². The molecule has 0 amide bonds. The number of ether oxygens (including phenoxy) is 2. The second-order valence-electron chi connectivity index (χ2n) is 4.07. The molecule has 0 atom stereocenters. The molecular formula is C12H18N2O4. The van der Waals surface area contributed by atoms with Crippen LogP contribution in [-0.2, 0) is 20.8 Å². The van der Waals surface area contributed by atoms with E-state index in [0.29, 0.717) is 12.3 Å². The summed E-state index contributed by atoms with van der Waals surface area (Å²) in [4.78, 5) is 22.8. The Morgan fingerprint density at radius 2 is 2.11 bits per heavy atom. The molecule has 1 heterocycles. The highest BCUT2D eigenvalue weighted by Crippen LogP contribution is 1.96. The van der Waals surface area contributed by atoms with Crippen LogP contribution in [0.1, 0.15) is 13.8 Å². The van der Waals surface area contributed by atoms with Crippen LogP contribution in [0.25, 0.3) is 0 Å². The van der Waals surface area contributed by atoms with Gasteiger partial charge in [0.25, 0.3) is 5.56 Å². The standard InChI is InChI=1S/C12H18N2O4/c1-9(2)17-5-6-18-12(16)8-14-7-10(13)3-4-11(14)15/h3-4,7,9H,5-6,8,13H2,1-2H3. The lowest BCUT2D eigenvalue weighted by Gasteiger charge is -2.09. The fourth-order valence-electron chi connectivity index (χ4n) is 1.30. The highest BCUT2D eigenvalue weighted by atomic mass is 16.6. The minimum absolute atomic E-state index is 0.0974. The Morgan fingerprint density at radius 1 is 1.39 bits per heavy atom. The third kappa shape index (κ3) is 5.01. The molecule has 100 valence electrons. The van der Waals surface area contributed by atoms with Gasteiger partial charge in [-0.3, -0.25) is 9.59 Å². The van der Waals surface area contributed by atoms with Crippen molar-refractivity contribution in [2.75, 3.05) is 18.9 Å². The normalized spacial score (nSPS) is 10.6. The van der Waals surface area contributed by atoms with Crippen LogP contribution < -0.4 is 11.3 Å². The smallest absolute Gasteiger partial charge is 0.326 e. The molecule has 0 radical (unpaired) electrons. The SMILES string of the molecule is CC(C)OCCOC(=O)Cn1cc(N)ccc1=O. The number of nitrogens with zero attached hydrogens (tertiary/aromatic N) is 1. The van der Waals surface area contributed by atoms with Crippen molar-refractivity contribution in [2.45, 2.75) is 26.5 Å². The van der Waals surface area contributed by atoms with Crippen LogP contribution in [0.3, 0.4) is 0 Å². The number of hydrogen-bond acceptors (Lipinski definition) is 5. The molecule has 0 saturated heterocycles. The molecular weight excluding hydrogens is 236 g/mol. The highest BCUT2D eigenvalue weighted by molar-refractivity contribution is 5.69. The molecule has 1 rings (SSSR count). The lowest BCUT2D eigenvalue weighted by atomic mass is 10.4. The maximum atomic E-state index is 11.4. The Morgan fingerprint density at radius 3 is 2.78 bits per heavy atom. The molecule has 1 aromatic rings. The number of anilines is 1. The third-order valence-electron chi connectivity index (χ3n) is 2.10. The van der Waals surface area contributed by atoms with Crippen molar-refractivity contribution in [2.24, 2.45) is 0 Å². The number of rotatable bonds is 6. The van der Waals surface area contributed by atoms with Gasteiger partial charge in [-0.2, -0.15) is 0 Å². The molecule has 0 spiro atoms. The molecule has 0 aliphatic carbocycles. The average Bonchev–Trinajstić information content (AvgIpc) is 2.29. The maximum absolute atomic E-state index is 11.4. The summed E-state index contributed by atoms with van der Waals surface area (Å²) >= 11 is 0. The van der Waals surface area contributed by atoms with Crippen LogP contribution in [0.5, 0.6) is 0 Å². The first-order chi connectivity index (χ1) is 8.49. The third-order valence-corrected chi connectivity index (χ3v) is 2.10. The first kappa shape index (κ1) is 14.2.